The zero-order valence-electron chi connectivity index (χ0n) is 9.91. The number of hydrogen-bond donors (Lipinski definition) is 2. The maximum Gasteiger partial charge on any atom is 0.300 e. The summed E-state index contributed by atoms with van der Waals surface area (Å²) in [6, 6.07) is 6.80. The van der Waals surface area contributed by atoms with Crippen LogP contribution in [0.2, 0.25) is 5.15 Å². The van der Waals surface area contributed by atoms with Crippen molar-refractivity contribution < 1.29 is 14.8 Å². The van der Waals surface area contributed by atoms with E-state index in [0.717, 1.165) is 12.3 Å². The molecule has 20 heavy (non-hydrogen) atoms. The topological polar surface area (TPSA) is 105 Å². The summed E-state index contributed by atoms with van der Waals surface area (Å²) in [6.45, 7) is 0. The van der Waals surface area contributed by atoms with Crippen molar-refractivity contribution >= 4 is 28.9 Å². The molecule has 0 fully saturated rings. The molecule has 0 aliphatic heterocycles. The minimum Gasteiger partial charge on any atom is -0.508 e. The molecule has 0 spiro atoms. The molecule has 2 aromatic rings. The van der Waals surface area contributed by atoms with Crippen LogP contribution in [0.4, 0.5) is 11.4 Å². The van der Waals surface area contributed by atoms with Crippen molar-refractivity contribution in [3.05, 3.63) is 57.4 Å². The third-order valence-corrected chi connectivity index (χ3v) is 2.62. The SMILES string of the molecule is O=C(Nc1ccc(O)cc1)c1cc(Cl)ncc1[N+](=O)[O-]. The lowest BCUT2D eigenvalue weighted by Crippen LogP contribution is -2.14. The van der Waals surface area contributed by atoms with Gasteiger partial charge in [-0.05, 0) is 30.3 Å². The van der Waals surface area contributed by atoms with E-state index < -0.39 is 16.5 Å². The molecular weight excluding hydrogens is 286 g/mol. The van der Waals surface area contributed by atoms with Gasteiger partial charge in [-0.2, -0.15) is 0 Å². The largest absolute Gasteiger partial charge is 0.508 e. The Kier molecular flexibility index (Phi) is 3.81. The van der Waals surface area contributed by atoms with E-state index in [0.29, 0.717) is 5.69 Å². The zero-order valence-corrected chi connectivity index (χ0v) is 10.7. The van der Waals surface area contributed by atoms with E-state index in [9.17, 15) is 14.9 Å². The van der Waals surface area contributed by atoms with Gasteiger partial charge in [-0.1, -0.05) is 11.6 Å². The molecule has 1 aromatic carbocycles. The first-order valence-corrected chi connectivity index (χ1v) is 5.75. The van der Waals surface area contributed by atoms with Crippen molar-refractivity contribution in [2.75, 3.05) is 5.32 Å². The number of anilines is 1. The van der Waals surface area contributed by atoms with Crippen molar-refractivity contribution in [3.63, 3.8) is 0 Å². The van der Waals surface area contributed by atoms with Crippen LogP contribution in [-0.4, -0.2) is 20.9 Å². The number of phenols is 1. The quantitative estimate of drug-likeness (QED) is 0.391. The molecule has 0 radical (unpaired) electrons. The highest BCUT2D eigenvalue weighted by Gasteiger charge is 2.21. The van der Waals surface area contributed by atoms with E-state index in [1.165, 1.54) is 24.3 Å². The van der Waals surface area contributed by atoms with Crippen LogP contribution in [0.5, 0.6) is 5.75 Å². The Morgan fingerprint density at radius 2 is 2.00 bits per heavy atom. The zero-order chi connectivity index (χ0) is 14.7. The van der Waals surface area contributed by atoms with Crippen LogP contribution < -0.4 is 5.32 Å². The van der Waals surface area contributed by atoms with Crippen molar-refractivity contribution in [1.82, 2.24) is 4.98 Å². The minimum absolute atomic E-state index is 0.0218. The first kappa shape index (κ1) is 13.8. The van der Waals surface area contributed by atoms with Gasteiger partial charge in [0.25, 0.3) is 11.6 Å². The van der Waals surface area contributed by atoms with Gasteiger partial charge in [0.2, 0.25) is 0 Å². The first-order chi connectivity index (χ1) is 9.47. The molecule has 0 saturated heterocycles. The summed E-state index contributed by atoms with van der Waals surface area (Å²) in [5, 5.41) is 22.4. The molecule has 0 saturated carbocycles. The smallest absolute Gasteiger partial charge is 0.300 e. The molecule has 0 unspecified atom stereocenters. The van der Waals surface area contributed by atoms with Crippen LogP contribution in [0.25, 0.3) is 0 Å². The van der Waals surface area contributed by atoms with E-state index in [1.807, 2.05) is 0 Å². The van der Waals surface area contributed by atoms with Gasteiger partial charge in [-0.3, -0.25) is 14.9 Å². The molecule has 102 valence electrons. The second-order valence-corrected chi connectivity index (χ2v) is 4.17. The second-order valence-electron chi connectivity index (χ2n) is 3.78. The van der Waals surface area contributed by atoms with Gasteiger partial charge < -0.3 is 10.4 Å². The normalized spacial score (nSPS) is 10.1. The number of phenolic OH excluding ortho intramolecular Hbond substituents is 1. The van der Waals surface area contributed by atoms with Crippen molar-refractivity contribution in [2.45, 2.75) is 0 Å². The lowest BCUT2D eigenvalue weighted by molar-refractivity contribution is -0.385. The van der Waals surface area contributed by atoms with E-state index in [1.54, 1.807) is 0 Å². The van der Waals surface area contributed by atoms with Gasteiger partial charge >= 0.3 is 0 Å². The van der Waals surface area contributed by atoms with Gasteiger partial charge in [-0.25, -0.2) is 4.98 Å². The average Bonchev–Trinajstić information content (AvgIpc) is 2.41. The number of pyridine rings is 1. The molecule has 7 nitrogen and oxygen atoms in total. The number of aromatic hydroxyl groups is 1. The summed E-state index contributed by atoms with van der Waals surface area (Å²) < 4.78 is 0. The lowest BCUT2D eigenvalue weighted by atomic mass is 10.2. The Balaban J connectivity index is 2.31. The number of carbonyl (C=O) groups is 1. The van der Waals surface area contributed by atoms with Crippen LogP contribution >= 0.6 is 11.6 Å². The number of amides is 1. The molecule has 1 heterocycles. The average molecular weight is 294 g/mol. The summed E-state index contributed by atoms with van der Waals surface area (Å²) in [6.07, 6.45) is 0.925. The van der Waals surface area contributed by atoms with Gasteiger partial charge in [0, 0.05) is 5.69 Å². The van der Waals surface area contributed by atoms with Crippen LogP contribution in [0.15, 0.2) is 36.5 Å². The first-order valence-electron chi connectivity index (χ1n) is 5.37. The number of nitrogens with one attached hydrogen (secondary N) is 1. The maximum absolute atomic E-state index is 12.0. The molecule has 8 heteroatoms. The molecule has 0 aliphatic carbocycles. The van der Waals surface area contributed by atoms with Crippen molar-refractivity contribution in [3.8, 4) is 5.75 Å². The number of aromatic nitrogens is 1. The highest BCUT2D eigenvalue weighted by atomic mass is 35.5. The highest BCUT2D eigenvalue weighted by molar-refractivity contribution is 6.30. The van der Waals surface area contributed by atoms with Crippen LogP contribution in [0.1, 0.15) is 10.4 Å². The number of carbonyl (C=O) groups excluding carboxylic acids is 1. The lowest BCUT2D eigenvalue weighted by Gasteiger charge is -2.06. The Morgan fingerprint density at radius 1 is 1.35 bits per heavy atom. The fourth-order valence-electron chi connectivity index (χ4n) is 1.49. The van der Waals surface area contributed by atoms with E-state index >= 15 is 0 Å². The second kappa shape index (κ2) is 5.54. The summed E-state index contributed by atoms with van der Waals surface area (Å²) in [5.74, 6) is -0.646. The molecule has 1 amide bonds. The number of halogens is 1. The Hall–Kier alpha value is -2.67. The van der Waals surface area contributed by atoms with Crippen LogP contribution in [-0.2, 0) is 0 Å². The molecule has 2 N–H and O–H groups in total. The third-order valence-electron chi connectivity index (χ3n) is 2.42. The predicted molar refractivity (Wildman–Crippen MR) is 72.0 cm³/mol. The van der Waals surface area contributed by atoms with Gasteiger partial charge in [0.15, 0.2) is 0 Å². The number of nitrogens with zero attached hydrogens (tertiary/aromatic N) is 2. The molecule has 0 bridgehead atoms. The summed E-state index contributed by atoms with van der Waals surface area (Å²) in [7, 11) is 0. The number of hydrogen-bond acceptors (Lipinski definition) is 5. The van der Waals surface area contributed by atoms with E-state index in [2.05, 4.69) is 10.3 Å². The van der Waals surface area contributed by atoms with Crippen molar-refractivity contribution in [1.29, 1.82) is 0 Å². The molecule has 0 aliphatic rings. The fraction of sp³-hybridized carbons (Fsp3) is 0. The summed E-state index contributed by atoms with van der Waals surface area (Å²) >= 11 is 5.64. The Morgan fingerprint density at radius 3 is 2.60 bits per heavy atom. The Bertz CT molecular complexity index is 673. The van der Waals surface area contributed by atoms with Crippen molar-refractivity contribution in [2.24, 2.45) is 0 Å². The Labute approximate surface area is 118 Å². The number of rotatable bonds is 3. The molecule has 2 rings (SSSR count). The van der Waals surface area contributed by atoms with E-state index in [4.69, 9.17) is 16.7 Å². The number of nitro groups is 1. The molecule has 0 atom stereocenters. The monoisotopic (exact) mass is 293 g/mol. The maximum atomic E-state index is 12.0. The fourth-order valence-corrected chi connectivity index (χ4v) is 1.65. The van der Waals surface area contributed by atoms with Gasteiger partial charge in [0.1, 0.15) is 22.7 Å². The summed E-state index contributed by atoms with van der Waals surface area (Å²) in [4.78, 5) is 25.7. The standard InChI is InChI=1S/C12H8ClN3O4/c13-11-5-9(10(6-14-11)16(19)20)12(18)15-7-1-3-8(17)4-2-7/h1-6,17H,(H,15,18). The van der Waals surface area contributed by atoms with Gasteiger partial charge in [-0.15, -0.1) is 0 Å². The van der Waals surface area contributed by atoms with Crippen LogP contribution in [0, 0.1) is 10.1 Å². The predicted octanol–water partition coefficient (Wildman–Crippen LogP) is 2.60. The van der Waals surface area contributed by atoms with Gasteiger partial charge in [0.05, 0.1) is 4.92 Å². The molecular formula is C12H8ClN3O4. The van der Waals surface area contributed by atoms with Crippen LogP contribution in [0.3, 0.4) is 0 Å². The number of benzene rings is 1. The summed E-state index contributed by atoms with van der Waals surface area (Å²) in [5.41, 5.74) is -0.246. The minimum atomic E-state index is -0.713. The highest BCUT2D eigenvalue weighted by Crippen LogP contribution is 2.22. The van der Waals surface area contributed by atoms with E-state index in [-0.39, 0.29) is 16.5 Å². The third kappa shape index (κ3) is 3.01. The molecule has 1 aromatic heterocycles.